The maximum absolute atomic E-state index is 12.1. The van der Waals surface area contributed by atoms with Crippen molar-refractivity contribution in [3.8, 4) is 11.8 Å². The highest BCUT2D eigenvalue weighted by Gasteiger charge is 2.64. The first kappa shape index (κ1) is 19.6. The van der Waals surface area contributed by atoms with Crippen molar-refractivity contribution in [3.05, 3.63) is 108 Å². The third-order valence-electron chi connectivity index (χ3n) is 6.61. The fourth-order valence-electron chi connectivity index (χ4n) is 4.70. The summed E-state index contributed by atoms with van der Waals surface area (Å²) >= 11 is 0. The van der Waals surface area contributed by atoms with Gasteiger partial charge in [-0.25, -0.2) is 0 Å². The number of hydrogen-bond donors (Lipinski definition) is 2. The normalized spacial score (nSPS) is 17.4. The Hall–Kier alpha value is -3.32. The van der Waals surface area contributed by atoms with Gasteiger partial charge < -0.3 is 14.8 Å². The van der Waals surface area contributed by atoms with E-state index in [0.717, 1.165) is 27.6 Å². The quantitative estimate of drug-likeness (QED) is 0.471. The zero-order chi connectivity index (χ0) is 21.5. The molecule has 1 saturated carbocycles. The lowest BCUT2D eigenvalue weighted by Gasteiger charge is -2.36. The molecule has 0 bridgehead atoms. The number of rotatable bonds is 4. The van der Waals surface area contributed by atoms with Crippen molar-refractivity contribution in [1.29, 1.82) is 0 Å². The van der Waals surface area contributed by atoms with E-state index in [1.165, 1.54) is 0 Å². The van der Waals surface area contributed by atoms with Gasteiger partial charge in [0.05, 0.1) is 6.10 Å². The smallest absolute Gasteiger partial charge is 0.159 e. The highest BCUT2D eigenvalue weighted by Crippen LogP contribution is 2.65. The van der Waals surface area contributed by atoms with Crippen LogP contribution >= 0.6 is 0 Å². The molecule has 0 radical (unpaired) electrons. The number of aromatic nitrogens is 1. The van der Waals surface area contributed by atoms with Crippen LogP contribution in [-0.2, 0) is 12.6 Å². The summed E-state index contributed by atoms with van der Waals surface area (Å²) in [4.78, 5) is 0. The van der Waals surface area contributed by atoms with Crippen LogP contribution in [0.1, 0.15) is 35.6 Å². The molecule has 1 fully saturated rings. The zero-order valence-electron chi connectivity index (χ0n) is 17.5. The van der Waals surface area contributed by atoms with Crippen LogP contribution in [0.2, 0.25) is 0 Å². The van der Waals surface area contributed by atoms with Crippen LogP contribution in [0, 0.1) is 17.3 Å². The highest BCUT2D eigenvalue weighted by atomic mass is 16.3. The number of benzene rings is 3. The molecule has 154 valence electrons. The summed E-state index contributed by atoms with van der Waals surface area (Å²) in [7, 11) is 1.98. The van der Waals surface area contributed by atoms with Gasteiger partial charge in [-0.15, -0.1) is 0 Å². The number of para-hydroxylation sites is 1. The maximum Gasteiger partial charge on any atom is 0.159 e. The molecule has 3 nitrogen and oxygen atoms in total. The molecule has 0 spiro atoms. The second-order valence-corrected chi connectivity index (χ2v) is 8.46. The zero-order valence-corrected chi connectivity index (χ0v) is 17.5. The third kappa shape index (κ3) is 3.16. The number of hydrogen-bond acceptors (Lipinski definition) is 2. The second-order valence-electron chi connectivity index (χ2n) is 8.46. The van der Waals surface area contributed by atoms with Crippen molar-refractivity contribution < 1.29 is 10.2 Å². The van der Waals surface area contributed by atoms with Crippen LogP contribution in [0.25, 0.3) is 10.9 Å². The molecular formula is C28H25NO2. The van der Waals surface area contributed by atoms with Gasteiger partial charge in [0, 0.05) is 40.7 Å². The largest absolute Gasteiger partial charge is 0.388 e. The van der Waals surface area contributed by atoms with Crippen molar-refractivity contribution in [2.75, 3.05) is 0 Å². The van der Waals surface area contributed by atoms with Crippen LogP contribution in [0.15, 0.2) is 91.1 Å². The van der Waals surface area contributed by atoms with E-state index in [-0.39, 0.29) is 0 Å². The average molecular weight is 408 g/mol. The van der Waals surface area contributed by atoms with Crippen molar-refractivity contribution >= 4 is 10.9 Å². The fourth-order valence-corrected chi connectivity index (χ4v) is 4.70. The molecule has 2 N–H and O–H groups in total. The molecular weight excluding hydrogens is 382 g/mol. The van der Waals surface area contributed by atoms with Crippen LogP contribution in [-0.4, -0.2) is 14.8 Å². The van der Waals surface area contributed by atoms with E-state index in [1.807, 2.05) is 103 Å². The summed E-state index contributed by atoms with van der Waals surface area (Å²) in [5.41, 5.74) is 1.22. The van der Waals surface area contributed by atoms with Gasteiger partial charge in [-0.3, -0.25) is 0 Å². The number of fused-ring (bicyclic) bond motifs is 1. The third-order valence-corrected chi connectivity index (χ3v) is 6.61. The maximum atomic E-state index is 12.1. The predicted molar refractivity (Wildman–Crippen MR) is 123 cm³/mol. The van der Waals surface area contributed by atoms with E-state index in [9.17, 15) is 10.2 Å². The number of aryl methyl sites for hydroxylation is 1. The Morgan fingerprint density at radius 2 is 1.52 bits per heavy atom. The minimum atomic E-state index is -1.47. The lowest BCUT2D eigenvalue weighted by molar-refractivity contribution is -0.0555. The van der Waals surface area contributed by atoms with Gasteiger partial charge in [0.2, 0.25) is 0 Å². The van der Waals surface area contributed by atoms with E-state index in [1.54, 1.807) is 0 Å². The van der Waals surface area contributed by atoms with Gasteiger partial charge in [-0.05, 0) is 36.6 Å². The number of nitrogens with zero attached hydrogens (tertiary/aromatic N) is 1. The summed E-state index contributed by atoms with van der Waals surface area (Å²) < 4.78 is 2.03. The second kappa shape index (κ2) is 7.42. The average Bonchev–Trinajstić information content (AvgIpc) is 3.58. The molecule has 1 aliphatic carbocycles. The van der Waals surface area contributed by atoms with E-state index < -0.39 is 17.1 Å². The summed E-state index contributed by atoms with van der Waals surface area (Å²) in [5.74, 6) is 6.34. The van der Waals surface area contributed by atoms with Crippen LogP contribution in [0.5, 0.6) is 0 Å². The molecule has 1 heterocycles. The minimum absolute atomic E-state index is 0.701. The summed E-state index contributed by atoms with van der Waals surface area (Å²) in [6.07, 6.45) is 2.54. The number of aliphatic hydroxyl groups excluding tert-OH is 1. The van der Waals surface area contributed by atoms with Gasteiger partial charge in [0.1, 0.15) is 0 Å². The Kier molecular flexibility index (Phi) is 4.70. The molecule has 5 rings (SSSR count). The molecule has 1 aromatic heterocycles. The molecule has 2 unspecified atom stereocenters. The SMILES string of the molecule is Cn1cc(C(O)C2(C(O)(C#Cc3ccccc3)c3ccccc3)CC2)c2ccccc21. The summed E-state index contributed by atoms with van der Waals surface area (Å²) in [6, 6.07) is 27.3. The summed E-state index contributed by atoms with van der Waals surface area (Å²) in [6.45, 7) is 0. The monoisotopic (exact) mass is 407 g/mol. The van der Waals surface area contributed by atoms with E-state index >= 15 is 0 Å². The van der Waals surface area contributed by atoms with Crippen molar-refractivity contribution in [1.82, 2.24) is 4.57 Å². The van der Waals surface area contributed by atoms with Gasteiger partial charge in [-0.2, -0.15) is 0 Å². The lowest BCUT2D eigenvalue weighted by Crippen LogP contribution is -2.39. The topological polar surface area (TPSA) is 45.4 Å². The standard InChI is InChI=1S/C28H25NO2/c1-29-20-24(23-14-8-9-15-25(23)29)26(30)27(18-19-27)28(31,22-12-6-3-7-13-22)17-16-21-10-4-2-5-11-21/h2-15,20,26,30-31H,18-19H2,1H3. The molecule has 3 heteroatoms. The van der Waals surface area contributed by atoms with E-state index in [0.29, 0.717) is 12.8 Å². The van der Waals surface area contributed by atoms with Crippen molar-refractivity contribution in [2.45, 2.75) is 24.5 Å². The fraction of sp³-hybridized carbons (Fsp3) is 0.214. The highest BCUT2D eigenvalue weighted by molar-refractivity contribution is 5.84. The van der Waals surface area contributed by atoms with Gasteiger partial charge >= 0.3 is 0 Å². The van der Waals surface area contributed by atoms with Crippen molar-refractivity contribution in [2.24, 2.45) is 12.5 Å². The Morgan fingerprint density at radius 1 is 0.903 bits per heavy atom. The van der Waals surface area contributed by atoms with Gasteiger partial charge in [-0.1, -0.05) is 78.6 Å². The van der Waals surface area contributed by atoms with Crippen molar-refractivity contribution in [3.63, 3.8) is 0 Å². The summed E-state index contributed by atoms with van der Waals surface area (Å²) in [5, 5.41) is 24.8. The first-order valence-electron chi connectivity index (χ1n) is 10.6. The van der Waals surface area contributed by atoms with Gasteiger partial charge in [0.15, 0.2) is 5.60 Å². The molecule has 4 aromatic rings. The Bertz CT molecular complexity index is 1280. The van der Waals surface area contributed by atoms with Gasteiger partial charge in [0.25, 0.3) is 0 Å². The molecule has 3 aromatic carbocycles. The molecule has 1 aliphatic rings. The Balaban J connectivity index is 1.65. The molecule has 0 aliphatic heterocycles. The van der Waals surface area contributed by atoms with Crippen LogP contribution < -0.4 is 0 Å². The minimum Gasteiger partial charge on any atom is -0.388 e. The molecule has 0 amide bonds. The van der Waals surface area contributed by atoms with E-state index in [4.69, 9.17) is 0 Å². The van der Waals surface area contributed by atoms with E-state index in [2.05, 4.69) is 11.8 Å². The lowest BCUT2D eigenvalue weighted by atomic mass is 9.73. The van der Waals surface area contributed by atoms with Crippen LogP contribution in [0.3, 0.4) is 0 Å². The molecule has 0 saturated heterocycles. The number of aliphatic hydroxyl groups is 2. The first-order valence-corrected chi connectivity index (χ1v) is 10.6. The molecule has 2 atom stereocenters. The Morgan fingerprint density at radius 3 is 2.19 bits per heavy atom. The van der Waals surface area contributed by atoms with Crippen LogP contribution in [0.4, 0.5) is 0 Å². The Labute approximate surface area is 182 Å². The molecule has 31 heavy (non-hydrogen) atoms. The predicted octanol–water partition coefficient (Wildman–Crippen LogP) is 4.93. The first-order chi connectivity index (χ1) is 15.1.